The maximum atomic E-state index is 5.68. The molecule has 0 spiro atoms. The monoisotopic (exact) mass is 294 g/mol. The molecule has 0 saturated heterocycles. The highest BCUT2D eigenvalue weighted by Crippen LogP contribution is 2.30. The van der Waals surface area contributed by atoms with Crippen LogP contribution in [0.2, 0.25) is 0 Å². The van der Waals surface area contributed by atoms with E-state index in [0.29, 0.717) is 0 Å². The third kappa shape index (κ3) is 2.20. The molecular formula is C21H14N2. The van der Waals surface area contributed by atoms with E-state index in [1.807, 2.05) is 60.7 Å². The van der Waals surface area contributed by atoms with Gasteiger partial charge >= 0.3 is 0 Å². The van der Waals surface area contributed by atoms with Gasteiger partial charge in [0.2, 0.25) is 0 Å². The van der Waals surface area contributed by atoms with Gasteiger partial charge in [-0.1, -0.05) is 48.4 Å². The Morgan fingerprint density at radius 3 is 2.30 bits per heavy atom. The molecular weight excluding hydrogens is 280 g/mol. The topological polar surface area (TPSA) is 17.8 Å². The normalized spacial score (nSPS) is 10.6. The predicted octanol–water partition coefficient (Wildman–Crippen LogP) is 4.67. The number of fused-ring (bicyclic) bond motifs is 1. The third-order valence-corrected chi connectivity index (χ3v) is 3.90. The Kier molecular flexibility index (Phi) is 3.18. The van der Waals surface area contributed by atoms with Crippen molar-refractivity contribution in [3.8, 4) is 29.4 Å². The molecule has 0 aliphatic rings. The van der Waals surface area contributed by atoms with E-state index in [4.69, 9.17) is 11.4 Å². The highest BCUT2D eigenvalue weighted by atomic mass is 15.1. The highest BCUT2D eigenvalue weighted by Gasteiger charge is 2.15. The van der Waals surface area contributed by atoms with Gasteiger partial charge in [0, 0.05) is 16.8 Å². The molecule has 0 amide bonds. The molecule has 0 aliphatic carbocycles. The second-order valence-corrected chi connectivity index (χ2v) is 5.29. The van der Waals surface area contributed by atoms with Crippen molar-refractivity contribution in [1.82, 2.24) is 9.55 Å². The fraction of sp³-hybridized carbons (Fsp3) is 0. The Labute approximate surface area is 135 Å². The number of terminal acetylenes is 1. The Morgan fingerprint density at radius 2 is 1.48 bits per heavy atom. The second kappa shape index (κ2) is 5.47. The van der Waals surface area contributed by atoms with Crippen LogP contribution in [-0.4, -0.2) is 9.55 Å². The van der Waals surface area contributed by atoms with Gasteiger partial charge in [-0.2, -0.15) is 0 Å². The van der Waals surface area contributed by atoms with Gasteiger partial charge in [-0.25, -0.2) is 4.98 Å². The summed E-state index contributed by atoms with van der Waals surface area (Å²) in [5.74, 6) is 3.63. The number of aromatic nitrogens is 2. The van der Waals surface area contributed by atoms with E-state index >= 15 is 0 Å². The summed E-state index contributed by atoms with van der Waals surface area (Å²) >= 11 is 0. The summed E-state index contributed by atoms with van der Waals surface area (Å²) in [6.45, 7) is 0. The zero-order chi connectivity index (χ0) is 15.6. The van der Waals surface area contributed by atoms with Gasteiger partial charge in [-0.05, 0) is 36.4 Å². The minimum Gasteiger partial charge on any atom is -0.292 e. The summed E-state index contributed by atoms with van der Waals surface area (Å²) in [6.07, 6.45) is 5.68. The summed E-state index contributed by atoms with van der Waals surface area (Å²) < 4.78 is 2.16. The standard InChI is InChI=1S/C21H14N2/c1-2-16-10-6-7-13-18(16)21-22-19-14-8-9-15-20(19)23(21)17-11-4-3-5-12-17/h1,3-15H. The van der Waals surface area contributed by atoms with Crippen LogP contribution in [0.25, 0.3) is 28.1 Å². The number of imidazole rings is 1. The second-order valence-electron chi connectivity index (χ2n) is 5.29. The molecule has 2 heteroatoms. The minimum absolute atomic E-state index is 0.847. The SMILES string of the molecule is C#Cc1ccccc1-c1nc2ccccc2n1-c1ccccc1. The maximum Gasteiger partial charge on any atom is 0.146 e. The molecule has 0 N–H and O–H groups in total. The first-order chi connectivity index (χ1) is 11.4. The van der Waals surface area contributed by atoms with Crippen molar-refractivity contribution in [2.75, 3.05) is 0 Å². The number of nitrogens with zero attached hydrogens (tertiary/aromatic N) is 2. The minimum atomic E-state index is 0.847. The molecule has 1 heterocycles. The van der Waals surface area contributed by atoms with E-state index in [9.17, 15) is 0 Å². The van der Waals surface area contributed by atoms with Crippen molar-refractivity contribution in [3.05, 3.63) is 84.4 Å². The number of hydrogen-bond donors (Lipinski definition) is 0. The zero-order valence-corrected chi connectivity index (χ0v) is 12.5. The fourth-order valence-corrected chi connectivity index (χ4v) is 2.85. The lowest BCUT2D eigenvalue weighted by Crippen LogP contribution is -1.98. The first-order valence-electron chi connectivity index (χ1n) is 7.47. The molecule has 4 rings (SSSR count). The lowest BCUT2D eigenvalue weighted by molar-refractivity contribution is 1.10. The maximum absolute atomic E-state index is 5.68. The number of hydrogen-bond acceptors (Lipinski definition) is 1. The number of rotatable bonds is 2. The summed E-state index contributed by atoms with van der Waals surface area (Å²) in [5.41, 5.74) is 4.91. The number of para-hydroxylation sites is 3. The third-order valence-electron chi connectivity index (χ3n) is 3.90. The van der Waals surface area contributed by atoms with Crippen LogP contribution in [0.4, 0.5) is 0 Å². The lowest BCUT2D eigenvalue weighted by Gasteiger charge is -2.10. The molecule has 108 valence electrons. The average Bonchev–Trinajstić information content (AvgIpc) is 3.01. The van der Waals surface area contributed by atoms with Crippen LogP contribution < -0.4 is 0 Å². The van der Waals surface area contributed by atoms with E-state index in [1.165, 1.54) is 0 Å². The van der Waals surface area contributed by atoms with Gasteiger partial charge in [-0.15, -0.1) is 6.42 Å². The molecule has 0 bridgehead atoms. The van der Waals surface area contributed by atoms with Crippen LogP contribution in [-0.2, 0) is 0 Å². The van der Waals surface area contributed by atoms with Crippen molar-refractivity contribution < 1.29 is 0 Å². The quantitative estimate of drug-likeness (QED) is 0.491. The zero-order valence-electron chi connectivity index (χ0n) is 12.5. The summed E-state index contributed by atoms with van der Waals surface area (Å²) in [5, 5.41) is 0. The van der Waals surface area contributed by atoms with Crippen LogP contribution in [0, 0.1) is 12.3 Å². The van der Waals surface area contributed by atoms with Gasteiger partial charge in [0.25, 0.3) is 0 Å². The molecule has 0 fully saturated rings. The van der Waals surface area contributed by atoms with E-state index in [1.54, 1.807) is 0 Å². The molecule has 3 aromatic carbocycles. The summed E-state index contributed by atoms with van der Waals surface area (Å²) in [4.78, 5) is 4.84. The Bertz CT molecular complexity index is 1020. The van der Waals surface area contributed by atoms with Crippen molar-refractivity contribution in [2.45, 2.75) is 0 Å². The summed E-state index contributed by atoms with van der Waals surface area (Å²) in [7, 11) is 0. The van der Waals surface area contributed by atoms with Crippen molar-refractivity contribution in [1.29, 1.82) is 0 Å². The van der Waals surface area contributed by atoms with Crippen molar-refractivity contribution in [3.63, 3.8) is 0 Å². The smallest absolute Gasteiger partial charge is 0.146 e. The highest BCUT2D eigenvalue weighted by molar-refractivity contribution is 5.84. The van der Waals surface area contributed by atoms with E-state index < -0.39 is 0 Å². The number of benzene rings is 3. The van der Waals surface area contributed by atoms with Gasteiger partial charge in [0.1, 0.15) is 5.82 Å². The Morgan fingerprint density at radius 1 is 0.783 bits per heavy atom. The fourth-order valence-electron chi connectivity index (χ4n) is 2.85. The van der Waals surface area contributed by atoms with Crippen LogP contribution in [0.1, 0.15) is 5.56 Å². The molecule has 0 aliphatic heterocycles. The van der Waals surface area contributed by atoms with Gasteiger partial charge in [0.05, 0.1) is 11.0 Å². The predicted molar refractivity (Wildman–Crippen MR) is 94.4 cm³/mol. The molecule has 0 atom stereocenters. The largest absolute Gasteiger partial charge is 0.292 e. The van der Waals surface area contributed by atoms with Crippen LogP contribution in [0.5, 0.6) is 0 Å². The average molecular weight is 294 g/mol. The first-order valence-corrected chi connectivity index (χ1v) is 7.47. The Hall–Kier alpha value is -3.31. The van der Waals surface area contributed by atoms with Crippen LogP contribution in [0.15, 0.2) is 78.9 Å². The van der Waals surface area contributed by atoms with E-state index in [0.717, 1.165) is 33.7 Å². The molecule has 2 nitrogen and oxygen atoms in total. The van der Waals surface area contributed by atoms with Gasteiger partial charge in [-0.3, -0.25) is 4.57 Å². The van der Waals surface area contributed by atoms with Crippen molar-refractivity contribution >= 4 is 11.0 Å². The van der Waals surface area contributed by atoms with E-state index in [-0.39, 0.29) is 0 Å². The first kappa shape index (κ1) is 13.4. The Balaban J connectivity index is 2.10. The van der Waals surface area contributed by atoms with Gasteiger partial charge < -0.3 is 0 Å². The lowest BCUT2D eigenvalue weighted by atomic mass is 10.1. The molecule has 0 saturated carbocycles. The molecule has 0 radical (unpaired) electrons. The summed E-state index contributed by atoms with van der Waals surface area (Å²) in [6, 6.07) is 26.3. The van der Waals surface area contributed by atoms with Crippen molar-refractivity contribution in [2.24, 2.45) is 0 Å². The van der Waals surface area contributed by atoms with Gasteiger partial charge in [0.15, 0.2) is 0 Å². The molecule has 0 unspecified atom stereocenters. The molecule has 23 heavy (non-hydrogen) atoms. The van der Waals surface area contributed by atoms with E-state index in [2.05, 4.69) is 28.7 Å². The van der Waals surface area contributed by atoms with Crippen LogP contribution in [0.3, 0.4) is 0 Å². The van der Waals surface area contributed by atoms with Crippen LogP contribution >= 0.6 is 0 Å². The molecule has 4 aromatic rings. The molecule has 1 aromatic heterocycles.